The van der Waals surface area contributed by atoms with Gasteiger partial charge in [-0.25, -0.2) is 14.2 Å². The van der Waals surface area contributed by atoms with Gasteiger partial charge < -0.3 is 9.47 Å². The molecular weight excluding hydrogens is 529 g/mol. The molecule has 2 aromatic heterocycles. The van der Waals surface area contributed by atoms with Gasteiger partial charge in [0, 0.05) is 48.4 Å². The molecule has 0 saturated heterocycles. The highest BCUT2D eigenvalue weighted by molar-refractivity contribution is 6.10. The van der Waals surface area contributed by atoms with Crippen LogP contribution in [0.3, 0.4) is 0 Å². The first-order valence-electron chi connectivity index (χ1n) is 14.6. The Morgan fingerprint density at radius 3 is 2.60 bits per heavy atom. The summed E-state index contributed by atoms with van der Waals surface area (Å²) >= 11 is 0. The standard InChI is InChI=1S/C33H32FN7O/c1-35-24-9-10-25(26(15-24)32-38-36-19-40(32)3)23-13-30(22-7-8-22)37-31(14-23)41-18-28-27(33(41)42)11-21(12-29(28)34)17-39(2)16-20-5-4-6-20/h9-15,19-20,22H,4-8,16-18H2,2-3H3. The number of hydrogen-bond acceptors (Lipinski definition) is 5. The number of carbonyl (C=O) groups excluding carboxylic acids is 1. The zero-order chi connectivity index (χ0) is 29.0. The highest BCUT2D eigenvalue weighted by Gasteiger charge is 2.34. The maximum atomic E-state index is 15.4. The number of aromatic nitrogens is 4. The highest BCUT2D eigenvalue weighted by atomic mass is 19.1. The maximum absolute atomic E-state index is 15.4. The Morgan fingerprint density at radius 2 is 1.90 bits per heavy atom. The molecule has 4 aromatic rings. The molecule has 3 aliphatic rings. The lowest BCUT2D eigenvalue weighted by molar-refractivity contribution is 0.0995. The fourth-order valence-corrected chi connectivity index (χ4v) is 6.17. The van der Waals surface area contributed by atoms with Crippen molar-refractivity contribution in [3.05, 3.63) is 88.4 Å². The zero-order valence-electron chi connectivity index (χ0n) is 23.8. The van der Waals surface area contributed by atoms with E-state index in [-0.39, 0.29) is 18.3 Å². The number of amides is 1. The molecule has 8 nitrogen and oxygen atoms in total. The van der Waals surface area contributed by atoms with E-state index in [1.165, 1.54) is 19.3 Å². The molecule has 0 spiro atoms. The molecule has 1 aliphatic heterocycles. The maximum Gasteiger partial charge on any atom is 0.260 e. The molecule has 2 aliphatic carbocycles. The van der Waals surface area contributed by atoms with E-state index in [9.17, 15) is 4.79 Å². The van der Waals surface area contributed by atoms with Gasteiger partial charge in [-0.05, 0) is 85.7 Å². The number of hydrogen-bond donors (Lipinski definition) is 0. The van der Waals surface area contributed by atoms with Crippen molar-refractivity contribution in [2.24, 2.45) is 13.0 Å². The van der Waals surface area contributed by atoms with Crippen molar-refractivity contribution in [2.45, 2.75) is 51.1 Å². The molecule has 9 heteroatoms. The van der Waals surface area contributed by atoms with E-state index in [4.69, 9.17) is 11.6 Å². The number of anilines is 1. The largest absolute Gasteiger partial charge is 0.317 e. The number of fused-ring (bicyclic) bond motifs is 1. The van der Waals surface area contributed by atoms with Crippen molar-refractivity contribution >= 4 is 17.4 Å². The molecule has 2 fully saturated rings. The van der Waals surface area contributed by atoms with Crippen LogP contribution in [0.4, 0.5) is 15.9 Å². The fourth-order valence-electron chi connectivity index (χ4n) is 6.17. The Bertz CT molecular complexity index is 1750. The van der Waals surface area contributed by atoms with Gasteiger partial charge in [-0.1, -0.05) is 18.6 Å². The average molecular weight is 562 g/mol. The quantitative estimate of drug-likeness (QED) is 0.230. The van der Waals surface area contributed by atoms with Crippen molar-refractivity contribution in [1.29, 1.82) is 0 Å². The number of carbonyl (C=O) groups is 1. The summed E-state index contributed by atoms with van der Waals surface area (Å²) in [6.07, 6.45) is 7.53. The van der Waals surface area contributed by atoms with Gasteiger partial charge in [-0.3, -0.25) is 9.69 Å². The predicted molar refractivity (Wildman–Crippen MR) is 158 cm³/mol. The topological polar surface area (TPSA) is 71.5 Å². The van der Waals surface area contributed by atoms with Crippen LogP contribution in [0, 0.1) is 18.3 Å². The second kappa shape index (κ2) is 10.4. The lowest BCUT2D eigenvalue weighted by atomic mass is 9.85. The highest BCUT2D eigenvalue weighted by Crippen LogP contribution is 2.43. The number of nitrogens with zero attached hydrogens (tertiary/aromatic N) is 7. The second-order valence-corrected chi connectivity index (χ2v) is 12.0. The van der Waals surface area contributed by atoms with Crippen LogP contribution >= 0.6 is 0 Å². The van der Waals surface area contributed by atoms with Gasteiger partial charge in [0.15, 0.2) is 11.5 Å². The Balaban J connectivity index is 1.25. The molecule has 42 heavy (non-hydrogen) atoms. The molecule has 0 N–H and O–H groups in total. The van der Waals surface area contributed by atoms with E-state index in [0.29, 0.717) is 40.9 Å². The normalized spacial score (nSPS) is 16.5. The second-order valence-electron chi connectivity index (χ2n) is 12.0. The molecule has 0 radical (unpaired) electrons. The summed E-state index contributed by atoms with van der Waals surface area (Å²) in [5.74, 6) is 1.64. The molecule has 2 saturated carbocycles. The summed E-state index contributed by atoms with van der Waals surface area (Å²) < 4.78 is 17.2. The molecule has 2 aromatic carbocycles. The third-order valence-corrected chi connectivity index (χ3v) is 8.79. The monoisotopic (exact) mass is 561 g/mol. The van der Waals surface area contributed by atoms with Crippen LogP contribution in [0.25, 0.3) is 27.4 Å². The van der Waals surface area contributed by atoms with E-state index in [1.54, 1.807) is 23.4 Å². The number of pyridine rings is 1. The molecular formula is C33H32FN7O. The smallest absolute Gasteiger partial charge is 0.260 e. The van der Waals surface area contributed by atoms with Crippen molar-refractivity contribution in [3.63, 3.8) is 0 Å². The number of aryl methyl sites for hydroxylation is 1. The third-order valence-electron chi connectivity index (χ3n) is 8.79. The molecule has 212 valence electrons. The van der Waals surface area contributed by atoms with E-state index in [2.05, 4.69) is 33.1 Å². The predicted octanol–water partition coefficient (Wildman–Crippen LogP) is 6.50. The van der Waals surface area contributed by atoms with Crippen LogP contribution in [0.5, 0.6) is 0 Å². The van der Waals surface area contributed by atoms with Crippen molar-refractivity contribution in [2.75, 3.05) is 18.5 Å². The summed E-state index contributed by atoms with van der Waals surface area (Å²) in [5.41, 5.74) is 5.61. The number of rotatable bonds is 8. The van der Waals surface area contributed by atoms with Crippen LogP contribution in [0.15, 0.2) is 48.8 Å². The fraction of sp³-hybridized carbons (Fsp3) is 0.364. The first-order chi connectivity index (χ1) is 20.4. The van der Waals surface area contributed by atoms with Gasteiger partial charge in [-0.15, -0.1) is 10.2 Å². The minimum Gasteiger partial charge on any atom is -0.317 e. The van der Waals surface area contributed by atoms with Crippen molar-refractivity contribution in [3.8, 4) is 22.5 Å². The van der Waals surface area contributed by atoms with E-state index < -0.39 is 0 Å². The Kier molecular flexibility index (Phi) is 6.59. The average Bonchev–Trinajstić information content (AvgIpc) is 3.65. The van der Waals surface area contributed by atoms with E-state index in [1.807, 2.05) is 35.9 Å². The van der Waals surface area contributed by atoms with Crippen molar-refractivity contribution in [1.82, 2.24) is 24.6 Å². The van der Waals surface area contributed by atoms with E-state index in [0.717, 1.165) is 53.3 Å². The van der Waals surface area contributed by atoms with Gasteiger partial charge in [-0.2, -0.15) is 0 Å². The SMILES string of the molecule is [C-]#[N+]c1ccc(-c2cc(C3CC3)nc(N3Cc4c(F)cc(CN(C)CC5CCC5)cc4C3=O)c2)c(-c2nncn2C)c1. The summed E-state index contributed by atoms with van der Waals surface area (Å²) in [4.78, 5) is 26.2. The Hall–Kier alpha value is -4.42. The van der Waals surface area contributed by atoms with Gasteiger partial charge >= 0.3 is 0 Å². The summed E-state index contributed by atoms with van der Waals surface area (Å²) in [5, 5.41) is 8.35. The van der Waals surface area contributed by atoms with Gasteiger partial charge in [0.05, 0.1) is 13.1 Å². The Morgan fingerprint density at radius 1 is 1.07 bits per heavy atom. The minimum absolute atomic E-state index is 0.144. The lowest BCUT2D eigenvalue weighted by Crippen LogP contribution is -2.29. The summed E-state index contributed by atoms with van der Waals surface area (Å²) in [6, 6.07) is 12.9. The summed E-state index contributed by atoms with van der Waals surface area (Å²) in [6.45, 7) is 9.28. The Labute approximate surface area is 244 Å². The molecule has 0 unspecified atom stereocenters. The first-order valence-corrected chi connectivity index (χ1v) is 14.6. The van der Waals surface area contributed by atoms with Crippen molar-refractivity contribution < 1.29 is 9.18 Å². The molecule has 0 bridgehead atoms. The third kappa shape index (κ3) is 4.86. The molecule has 0 atom stereocenters. The van der Waals surface area contributed by atoms with Crippen LogP contribution in [0.2, 0.25) is 0 Å². The van der Waals surface area contributed by atoms with Crippen LogP contribution in [-0.4, -0.2) is 44.1 Å². The van der Waals surface area contributed by atoms with Gasteiger partial charge in [0.1, 0.15) is 18.0 Å². The number of halogens is 1. The van der Waals surface area contributed by atoms with E-state index >= 15 is 4.39 Å². The van der Waals surface area contributed by atoms with Gasteiger partial charge in [0.25, 0.3) is 5.91 Å². The van der Waals surface area contributed by atoms with Gasteiger partial charge in [0.2, 0.25) is 0 Å². The molecule has 7 rings (SSSR count). The zero-order valence-corrected chi connectivity index (χ0v) is 23.8. The molecule has 3 heterocycles. The number of benzene rings is 2. The van der Waals surface area contributed by atoms with Crippen LogP contribution in [0.1, 0.15) is 65.2 Å². The summed E-state index contributed by atoms with van der Waals surface area (Å²) in [7, 11) is 3.93. The first kappa shape index (κ1) is 26.5. The van der Waals surface area contributed by atoms with Crippen LogP contribution in [-0.2, 0) is 20.1 Å². The van der Waals surface area contributed by atoms with Crippen LogP contribution < -0.4 is 4.90 Å². The molecule has 1 amide bonds. The minimum atomic E-state index is -0.340. The lowest BCUT2D eigenvalue weighted by Gasteiger charge is -2.30.